The van der Waals surface area contributed by atoms with E-state index in [0.717, 1.165) is 0 Å². The van der Waals surface area contributed by atoms with Crippen LogP contribution in [-0.4, -0.2) is 43.3 Å². The highest BCUT2D eigenvalue weighted by Crippen LogP contribution is 2.25. The molecule has 0 spiro atoms. The second-order valence-electron chi connectivity index (χ2n) is 5.75. The fourth-order valence-electron chi connectivity index (χ4n) is 2.81. The summed E-state index contributed by atoms with van der Waals surface area (Å²) < 4.78 is 15.3. The molecule has 0 bridgehead atoms. The van der Waals surface area contributed by atoms with E-state index >= 15 is 0 Å². The van der Waals surface area contributed by atoms with Crippen LogP contribution in [0.1, 0.15) is 49.4 Å². The van der Waals surface area contributed by atoms with Crippen LogP contribution in [0.4, 0.5) is 0 Å². The predicted octanol–water partition coefficient (Wildman–Crippen LogP) is 2.89. The molecule has 0 saturated carbocycles. The average Bonchev–Trinajstić information content (AvgIpc) is 2.93. The Balaban J connectivity index is 2.14. The van der Waals surface area contributed by atoms with Crippen molar-refractivity contribution in [3.05, 3.63) is 46.3 Å². The lowest BCUT2D eigenvalue weighted by molar-refractivity contribution is 0.0470. The minimum Gasteiger partial charge on any atom is -0.497 e. The number of aryl methyl sites for hydroxylation is 1. The number of aromatic amines is 1. The number of rotatable bonds is 7. The van der Waals surface area contributed by atoms with Gasteiger partial charge < -0.3 is 19.2 Å². The summed E-state index contributed by atoms with van der Waals surface area (Å²) in [6.07, 6.45) is 0. The summed E-state index contributed by atoms with van der Waals surface area (Å²) in [4.78, 5) is 39.2. The summed E-state index contributed by atoms with van der Waals surface area (Å²) in [6.45, 7) is 4.39. The third-order valence-electron chi connectivity index (χ3n) is 4.03. The van der Waals surface area contributed by atoms with E-state index in [2.05, 4.69) is 4.98 Å². The van der Waals surface area contributed by atoms with Gasteiger partial charge in [-0.1, -0.05) is 0 Å². The van der Waals surface area contributed by atoms with Crippen molar-refractivity contribution in [3.8, 4) is 11.5 Å². The first-order chi connectivity index (χ1) is 12.3. The van der Waals surface area contributed by atoms with Crippen LogP contribution in [-0.2, 0) is 4.74 Å². The lowest BCUT2D eigenvalue weighted by Crippen LogP contribution is -2.16. The number of esters is 1. The third-order valence-corrected chi connectivity index (χ3v) is 4.03. The lowest BCUT2D eigenvalue weighted by atomic mass is 10.1. The Morgan fingerprint density at radius 1 is 1.08 bits per heavy atom. The second-order valence-corrected chi connectivity index (χ2v) is 5.75. The number of H-pyrrole nitrogens is 1. The molecule has 0 aliphatic heterocycles. The van der Waals surface area contributed by atoms with Gasteiger partial charge in [0.1, 0.15) is 17.1 Å². The van der Waals surface area contributed by atoms with Crippen molar-refractivity contribution >= 4 is 17.5 Å². The number of ketones is 2. The summed E-state index contributed by atoms with van der Waals surface area (Å²) in [5.41, 5.74) is 2.10. The molecule has 0 aliphatic rings. The van der Waals surface area contributed by atoms with E-state index in [9.17, 15) is 14.4 Å². The molecule has 0 fully saturated rings. The van der Waals surface area contributed by atoms with Crippen molar-refractivity contribution in [1.82, 2.24) is 4.98 Å². The quantitative estimate of drug-likeness (QED) is 0.603. The van der Waals surface area contributed by atoms with Gasteiger partial charge in [-0.2, -0.15) is 0 Å². The molecular formula is C19H21NO6. The number of hydrogen-bond donors (Lipinski definition) is 1. The SMILES string of the molecule is COc1ccc(C(=O)OCC(=O)c2[nH]c(C)c(C(C)=O)c2C)c(OC)c1. The number of hydrogen-bond acceptors (Lipinski definition) is 6. The maximum atomic E-state index is 12.4. The topological polar surface area (TPSA) is 94.7 Å². The number of aromatic nitrogens is 1. The van der Waals surface area contributed by atoms with Gasteiger partial charge >= 0.3 is 5.97 Å². The van der Waals surface area contributed by atoms with E-state index in [4.69, 9.17) is 14.2 Å². The smallest absolute Gasteiger partial charge is 0.342 e. The maximum Gasteiger partial charge on any atom is 0.342 e. The fraction of sp³-hybridized carbons (Fsp3) is 0.316. The molecule has 0 radical (unpaired) electrons. The molecule has 0 saturated heterocycles. The number of carbonyl (C=O) groups is 3. The highest BCUT2D eigenvalue weighted by atomic mass is 16.5. The molecule has 0 atom stereocenters. The fourth-order valence-corrected chi connectivity index (χ4v) is 2.81. The van der Waals surface area contributed by atoms with Gasteiger partial charge in [0.25, 0.3) is 0 Å². The molecule has 1 N–H and O–H groups in total. The number of benzene rings is 1. The van der Waals surface area contributed by atoms with Crippen LogP contribution in [0.2, 0.25) is 0 Å². The van der Waals surface area contributed by atoms with Crippen molar-refractivity contribution in [1.29, 1.82) is 0 Å². The predicted molar refractivity (Wildman–Crippen MR) is 94.4 cm³/mol. The van der Waals surface area contributed by atoms with Crippen molar-refractivity contribution in [2.24, 2.45) is 0 Å². The van der Waals surface area contributed by atoms with Crippen LogP contribution in [0.3, 0.4) is 0 Å². The zero-order valence-corrected chi connectivity index (χ0v) is 15.4. The van der Waals surface area contributed by atoms with Crippen LogP contribution in [0.15, 0.2) is 18.2 Å². The van der Waals surface area contributed by atoms with E-state index < -0.39 is 18.4 Å². The molecule has 0 amide bonds. The van der Waals surface area contributed by atoms with Crippen molar-refractivity contribution < 1.29 is 28.6 Å². The molecule has 1 aromatic carbocycles. The van der Waals surface area contributed by atoms with Gasteiger partial charge in [-0.3, -0.25) is 9.59 Å². The van der Waals surface area contributed by atoms with Crippen molar-refractivity contribution in [2.45, 2.75) is 20.8 Å². The summed E-state index contributed by atoms with van der Waals surface area (Å²) in [7, 11) is 2.92. The Morgan fingerprint density at radius 3 is 2.31 bits per heavy atom. The molecule has 0 unspecified atom stereocenters. The first-order valence-electron chi connectivity index (χ1n) is 7.92. The second kappa shape index (κ2) is 7.86. The van der Waals surface area contributed by atoms with Gasteiger partial charge in [0, 0.05) is 17.3 Å². The summed E-state index contributed by atoms with van der Waals surface area (Å²) >= 11 is 0. The minimum atomic E-state index is -0.689. The third kappa shape index (κ3) is 3.77. The molecule has 0 aliphatic carbocycles. The first kappa shape index (κ1) is 19.2. The van der Waals surface area contributed by atoms with Gasteiger partial charge in [0.15, 0.2) is 12.4 Å². The minimum absolute atomic E-state index is 0.129. The summed E-state index contributed by atoms with van der Waals surface area (Å²) in [5.74, 6) is -0.420. The monoisotopic (exact) mass is 359 g/mol. The van der Waals surface area contributed by atoms with Crippen LogP contribution >= 0.6 is 0 Å². The van der Waals surface area contributed by atoms with E-state index in [1.54, 1.807) is 26.0 Å². The highest BCUT2D eigenvalue weighted by Gasteiger charge is 2.22. The largest absolute Gasteiger partial charge is 0.497 e. The molecule has 2 aromatic rings. The van der Waals surface area contributed by atoms with E-state index in [1.807, 2.05) is 0 Å². The van der Waals surface area contributed by atoms with E-state index in [-0.39, 0.29) is 22.8 Å². The highest BCUT2D eigenvalue weighted by molar-refractivity contribution is 6.04. The Labute approximate surface area is 151 Å². The van der Waals surface area contributed by atoms with E-state index in [0.29, 0.717) is 22.6 Å². The molecule has 7 nitrogen and oxygen atoms in total. The van der Waals surface area contributed by atoms with Crippen LogP contribution in [0, 0.1) is 13.8 Å². The molecule has 26 heavy (non-hydrogen) atoms. The first-order valence-corrected chi connectivity index (χ1v) is 7.92. The van der Waals surface area contributed by atoms with Gasteiger partial charge in [-0.05, 0) is 38.5 Å². The zero-order chi connectivity index (χ0) is 19.4. The molecule has 1 heterocycles. The Kier molecular flexibility index (Phi) is 5.82. The zero-order valence-electron chi connectivity index (χ0n) is 15.4. The molecule has 1 aromatic heterocycles. The van der Waals surface area contributed by atoms with Crippen molar-refractivity contribution in [3.63, 3.8) is 0 Å². The molecule has 2 rings (SSSR count). The molecular weight excluding hydrogens is 338 g/mol. The normalized spacial score (nSPS) is 10.3. The van der Waals surface area contributed by atoms with Gasteiger partial charge in [0.2, 0.25) is 5.78 Å². The van der Waals surface area contributed by atoms with Crippen molar-refractivity contribution in [2.75, 3.05) is 20.8 Å². The lowest BCUT2D eigenvalue weighted by Gasteiger charge is -2.10. The number of methoxy groups -OCH3 is 2. The maximum absolute atomic E-state index is 12.4. The number of ether oxygens (including phenoxy) is 3. The Morgan fingerprint density at radius 2 is 1.77 bits per heavy atom. The average molecular weight is 359 g/mol. The van der Waals surface area contributed by atoms with Crippen LogP contribution < -0.4 is 9.47 Å². The van der Waals surface area contributed by atoms with Gasteiger partial charge in [-0.25, -0.2) is 4.79 Å². The number of Topliss-reactive ketones (excluding diaryl/α,β-unsaturated/α-hetero) is 2. The van der Waals surface area contributed by atoms with Gasteiger partial charge in [0.05, 0.1) is 19.9 Å². The Bertz CT molecular complexity index is 865. The van der Waals surface area contributed by atoms with E-state index in [1.165, 1.54) is 27.2 Å². The number of nitrogens with one attached hydrogen (secondary N) is 1. The molecule has 7 heteroatoms. The standard InChI is InChI=1S/C19H21NO6/c1-10-17(12(3)21)11(2)20-18(10)15(22)9-26-19(23)14-7-6-13(24-4)8-16(14)25-5/h6-8,20H,9H2,1-5H3. The summed E-state index contributed by atoms with van der Waals surface area (Å²) in [6, 6.07) is 4.65. The van der Waals surface area contributed by atoms with Gasteiger partial charge in [-0.15, -0.1) is 0 Å². The Hall–Kier alpha value is -3.09. The summed E-state index contributed by atoms with van der Waals surface area (Å²) in [5, 5.41) is 0. The van der Waals surface area contributed by atoms with Crippen LogP contribution in [0.5, 0.6) is 11.5 Å². The molecule has 138 valence electrons. The van der Waals surface area contributed by atoms with Crippen LogP contribution in [0.25, 0.3) is 0 Å². The number of carbonyl (C=O) groups excluding carboxylic acids is 3.